The minimum absolute atomic E-state index is 1.15. The Morgan fingerprint density at radius 3 is 2.22 bits per heavy atom. The van der Waals surface area contributed by atoms with Crippen LogP contribution in [0.5, 0.6) is 0 Å². The van der Waals surface area contributed by atoms with E-state index in [0.29, 0.717) is 0 Å². The molecule has 0 radical (unpaired) electrons. The lowest BCUT2D eigenvalue weighted by molar-refractivity contribution is 0.394. The van der Waals surface area contributed by atoms with Crippen LogP contribution in [0, 0.1) is 0 Å². The van der Waals surface area contributed by atoms with E-state index >= 15 is 0 Å². The molecule has 0 amide bonds. The fraction of sp³-hybridized carbons (Fsp3) is 1.00. The molecule has 0 spiro atoms. The molecule has 56 valence electrons. The van der Waals surface area contributed by atoms with Gasteiger partial charge in [0.15, 0.2) is 0 Å². The van der Waals surface area contributed by atoms with Crippen molar-refractivity contribution in [2.45, 2.75) is 19.3 Å². The van der Waals surface area contributed by atoms with Gasteiger partial charge in [0.05, 0.1) is 0 Å². The SMILES string of the molecule is CN(C)CCCCCBr. The van der Waals surface area contributed by atoms with Crippen LogP contribution in [0.4, 0.5) is 0 Å². The van der Waals surface area contributed by atoms with Crippen LogP contribution in [0.15, 0.2) is 0 Å². The number of hydrogen-bond acceptors (Lipinski definition) is 1. The summed E-state index contributed by atoms with van der Waals surface area (Å²) in [5.41, 5.74) is 0. The number of halogens is 1. The second-order valence-corrected chi connectivity index (χ2v) is 3.35. The van der Waals surface area contributed by atoms with Gasteiger partial charge in [0, 0.05) is 5.33 Å². The first-order chi connectivity index (χ1) is 4.27. The van der Waals surface area contributed by atoms with Crippen molar-refractivity contribution in [2.24, 2.45) is 0 Å². The summed E-state index contributed by atoms with van der Waals surface area (Å²) in [4.78, 5) is 2.23. The zero-order chi connectivity index (χ0) is 7.11. The minimum Gasteiger partial charge on any atom is -0.309 e. The molecule has 1 nitrogen and oxygen atoms in total. The van der Waals surface area contributed by atoms with Crippen LogP contribution in [0.3, 0.4) is 0 Å². The molecule has 0 rings (SSSR count). The quantitative estimate of drug-likeness (QED) is 0.478. The number of nitrogens with zero attached hydrogens (tertiary/aromatic N) is 1. The van der Waals surface area contributed by atoms with Crippen LogP contribution < -0.4 is 0 Å². The van der Waals surface area contributed by atoms with E-state index in [1.807, 2.05) is 0 Å². The Hall–Kier alpha value is 0.440. The van der Waals surface area contributed by atoms with Gasteiger partial charge in [-0.15, -0.1) is 0 Å². The second kappa shape index (κ2) is 6.56. The summed E-state index contributed by atoms with van der Waals surface area (Å²) in [6, 6.07) is 0. The molecule has 0 aliphatic heterocycles. The van der Waals surface area contributed by atoms with Gasteiger partial charge < -0.3 is 4.90 Å². The van der Waals surface area contributed by atoms with Gasteiger partial charge >= 0.3 is 0 Å². The first-order valence-electron chi connectivity index (χ1n) is 3.48. The lowest BCUT2D eigenvalue weighted by Gasteiger charge is -2.07. The van der Waals surface area contributed by atoms with E-state index < -0.39 is 0 Å². The number of alkyl halides is 1. The Morgan fingerprint density at radius 1 is 1.11 bits per heavy atom. The largest absolute Gasteiger partial charge is 0.309 e. The molecular weight excluding hydrogens is 178 g/mol. The molecule has 0 saturated carbocycles. The van der Waals surface area contributed by atoms with Gasteiger partial charge in [-0.05, 0) is 33.5 Å². The third-order valence-electron chi connectivity index (χ3n) is 1.24. The maximum absolute atomic E-state index is 3.40. The van der Waals surface area contributed by atoms with Crippen molar-refractivity contribution in [2.75, 3.05) is 26.0 Å². The van der Waals surface area contributed by atoms with E-state index in [-0.39, 0.29) is 0 Å². The maximum atomic E-state index is 3.40. The van der Waals surface area contributed by atoms with Gasteiger partial charge in [0.25, 0.3) is 0 Å². The Morgan fingerprint density at radius 2 is 1.78 bits per heavy atom. The van der Waals surface area contributed by atoms with E-state index in [1.165, 1.54) is 25.8 Å². The summed E-state index contributed by atoms with van der Waals surface area (Å²) in [6.45, 7) is 1.23. The normalized spacial score (nSPS) is 10.7. The van der Waals surface area contributed by atoms with Crippen LogP contribution in [0.25, 0.3) is 0 Å². The van der Waals surface area contributed by atoms with E-state index in [4.69, 9.17) is 0 Å². The van der Waals surface area contributed by atoms with Gasteiger partial charge in [-0.1, -0.05) is 22.4 Å². The predicted octanol–water partition coefficient (Wildman–Crippen LogP) is 2.11. The summed E-state index contributed by atoms with van der Waals surface area (Å²) in [6.07, 6.45) is 4.00. The lowest BCUT2D eigenvalue weighted by atomic mass is 10.2. The fourth-order valence-corrected chi connectivity index (χ4v) is 1.10. The van der Waals surface area contributed by atoms with Crippen molar-refractivity contribution in [3.63, 3.8) is 0 Å². The fourth-order valence-electron chi connectivity index (χ4n) is 0.699. The monoisotopic (exact) mass is 193 g/mol. The molecule has 0 fully saturated rings. The van der Waals surface area contributed by atoms with Crippen molar-refractivity contribution in [1.82, 2.24) is 4.90 Å². The van der Waals surface area contributed by atoms with Gasteiger partial charge in [-0.2, -0.15) is 0 Å². The third-order valence-corrected chi connectivity index (χ3v) is 1.80. The van der Waals surface area contributed by atoms with Crippen LogP contribution in [0.1, 0.15) is 19.3 Å². The van der Waals surface area contributed by atoms with E-state index in [9.17, 15) is 0 Å². The number of unbranched alkanes of at least 4 members (excludes halogenated alkanes) is 2. The average molecular weight is 194 g/mol. The average Bonchev–Trinajstić information content (AvgIpc) is 1.80. The zero-order valence-electron chi connectivity index (χ0n) is 6.36. The van der Waals surface area contributed by atoms with Crippen LogP contribution in [-0.4, -0.2) is 30.9 Å². The van der Waals surface area contributed by atoms with Gasteiger partial charge in [0.1, 0.15) is 0 Å². The summed E-state index contributed by atoms with van der Waals surface area (Å²) in [5.74, 6) is 0. The first-order valence-corrected chi connectivity index (χ1v) is 4.60. The molecular formula is C7H16BrN. The topological polar surface area (TPSA) is 3.24 Å². The second-order valence-electron chi connectivity index (χ2n) is 2.55. The van der Waals surface area contributed by atoms with E-state index in [1.54, 1.807) is 0 Å². The van der Waals surface area contributed by atoms with Crippen LogP contribution in [-0.2, 0) is 0 Å². The maximum Gasteiger partial charge on any atom is 0.00313 e. The molecule has 0 atom stereocenters. The van der Waals surface area contributed by atoms with Crippen molar-refractivity contribution < 1.29 is 0 Å². The molecule has 0 bridgehead atoms. The standard InChI is InChI=1S/C7H16BrN/c1-9(2)7-5-3-4-6-8/h3-7H2,1-2H3. The van der Waals surface area contributed by atoms with Crippen molar-refractivity contribution in [3.05, 3.63) is 0 Å². The Kier molecular flexibility index (Phi) is 6.88. The molecule has 0 saturated heterocycles. The Labute approximate surface area is 66.6 Å². The lowest BCUT2D eigenvalue weighted by Crippen LogP contribution is -2.12. The third kappa shape index (κ3) is 8.44. The molecule has 9 heavy (non-hydrogen) atoms. The van der Waals surface area contributed by atoms with Crippen LogP contribution in [0.2, 0.25) is 0 Å². The molecule has 0 N–H and O–H groups in total. The molecule has 2 heteroatoms. The highest BCUT2D eigenvalue weighted by Gasteiger charge is 1.88. The van der Waals surface area contributed by atoms with Crippen molar-refractivity contribution in [1.29, 1.82) is 0 Å². The molecule has 0 aliphatic rings. The molecule has 0 heterocycles. The van der Waals surface area contributed by atoms with E-state index in [2.05, 4.69) is 34.9 Å². The molecule has 0 aromatic carbocycles. The minimum atomic E-state index is 1.15. The molecule has 0 aromatic rings. The van der Waals surface area contributed by atoms with Gasteiger partial charge in [-0.3, -0.25) is 0 Å². The summed E-state index contributed by atoms with van der Waals surface area (Å²) >= 11 is 3.40. The Bertz CT molecular complexity index is 54.9. The van der Waals surface area contributed by atoms with Crippen LogP contribution >= 0.6 is 15.9 Å². The summed E-state index contributed by atoms with van der Waals surface area (Å²) in [5, 5.41) is 1.15. The molecule has 0 aliphatic carbocycles. The smallest absolute Gasteiger partial charge is 0.00313 e. The molecule has 0 aromatic heterocycles. The number of hydrogen-bond donors (Lipinski definition) is 0. The van der Waals surface area contributed by atoms with Gasteiger partial charge in [0.2, 0.25) is 0 Å². The summed E-state index contributed by atoms with van der Waals surface area (Å²) in [7, 11) is 4.24. The highest BCUT2D eigenvalue weighted by Crippen LogP contribution is 1.98. The summed E-state index contributed by atoms with van der Waals surface area (Å²) < 4.78 is 0. The zero-order valence-corrected chi connectivity index (χ0v) is 7.95. The Balaban J connectivity index is 2.75. The number of rotatable bonds is 5. The first kappa shape index (κ1) is 9.44. The highest BCUT2D eigenvalue weighted by atomic mass is 79.9. The van der Waals surface area contributed by atoms with Gasteiger partial charge in [-0.25, -0.2) is 0 Å². The van der Waals surface area contributed by atoms with Crippen molar-refractivity contribution in [3.8, 4) is 0 Å². The van der Waals surface area contributed by atoms with E-state index in [0.717, 1.165) is 5.33 Å². The predicted molar refractivity (Wildman–Crippen MR) is 46.2 cm³/mol. The highest BCUT2D eigenvalue weighted by molar-refractivity contribution is 9.09. The van der Waals surface area contributed by atoms with Crippen molar-refractivity contribution >= 4 is 15.9 Å². The molecule has 0 unspecified atom stereocenters.